The third kappa shape index (κ3) is 4.85. The van der Waals surface area contributed by atoms with Gasteiger partial charge in [0, 0.05) is 18.8 Å². The molecular formula is C16H24N2O2. The number of aryl methyl sites for hydroxylation is 1. The van der Waals surface area contributed by atoms with Crippen LogP contribution in [0.4, 0.5) is 10.5 Å². The molecule has 1 heterocycles. The zero-order chi connectivity index (χ0) is 14.2. The van der Waals surface area contributed by atoms with E-state index in [1.54, 1.807) is 0 Å². The lowest BCUT2D eigenvalue weighted by Crippen LogP contribution is -2.35. The maximum atomic E-state index is 11.7. The maximum Gasteiger partial charge on any atom is 0.319 e. The second-order valence-electron chi connectivity index (χ2n) is 5.27. The van der Waals surface area contributed by atoms with Crippen LogP contribution < -0.4 is 10.6 Å². The smallest absolute Gasteiger partial charge is 0.319 e. The fraction of sp³-hybridized carbons (Fsp3) is 0.562. The molecule has 110 valence electrons. The van der Waals surface area contributed by atoms with E-state index >= 15 is 0 Å². The molecule has 0 spiro atoms. The molecule has 0 radical (unpaired) electrons. The van der Waals surface area contributed by atoms with Crippen LogP contribution in [0.15, 0.2) is 24.3 Å². The number of nitrogens with one attached hydrogen (secondary N) is 2. The molecule has 2 N–H and O–H groups in total. The molecule has 0 bridgehead atoms. The van der Waals surface area contributed by atoms with Gasteiger partial charge in [-0.15, -0.1) is 0 Å². The highest BCUT2D eigenvalue weighted by atomic mass is 16.5. The van der Waals surface area contributed by atoms with E-state index in [0.29, 0.717) is 6.54 Å². The molecule has 1 saturated heterocycles. The van der Waals surface area contributed by atoms with E-state index in [9.17, 15) is 4.79 Å². The van der Waals surface area contributed by atoms with Gasteiger partial charge >= 0.3 is 6.03 Å². The Morgan fingerprint density at radius 2 is 2.15 bits per heavy atom. The van der Waals surface area contributed by atoms with Crippen LogP contribution in [0.3, 0.4) is 0 Å². The standard InChI is InChI=1S/C16H24N2O2/c1-2-3-5-13-7-9-14(10-8-13)18-16(19)17-12-15-6-4-11-20-15/h7-10,15H,2-6,11-12H2,1H3,(H2,17,18,19)/t15-/m1/s1. The Morgan fingerprint density at radius 3 is 2.80 bits per heavy atom. The normalized spacial score (nSPS) is 17.9. The highest BCUT2D eigenvalue weighted by Gasteiger charge is 2.15. The summed E-state index contributed by atoms with van der Waals surface area (Å²) in [7, 11) is 0. The van der Waals surface area contributed by atoms with Crippen molar-refractivity contribution in [2.75, 3.05) is 18.5 Å². The topological polar surface area (TPSA) is 50.4 Å². The van der Waals surface area contributed by atoms with Gasteiger partial charge in [-0.2, -0.15) is 0 Å². The number of benzene rings is 1. The van der Waals surface area contributed by atoms with Crippen LogP contribution in [0.1, 0.15) is 38.2 Å². The van der Waals surface area contributed by atoms with Crippen molar-refractivity contribution in [2.24, 2.45) is 0 Å². The van der Waals surface area contributed by atoms with E-state index in [4.69, 9.17) is 4.74 Å². The Balaban J connectivity index is 1.72. The number of anilines is 1. The van der Waals surface area contributed by atoms with Crippen LogP contribution in [-0.2, 0) is 11.2 Å². The Kier molecular flexibility index (Phi) is 5.87. The zero-order valence-electron chi connectivity index (χ0n) is 12.2. The second-order valence-corrected chi connectivity index (χ2v) is 5.27. The summed E-state index contributed by atoms with van der Waals surface area (Å²) in [5, 5.41) is 5.69. The molecular weight excluding hydrogens is 252 g/mol. The number of amides is 2. The molecule has 0 saturated carbocycles. The van der Waals surface area contributed by atoms with Crippen LogP contribution in [0, 0.1) is 0 Å². The number of carbonyl (C=O) groups is 1. The minimum atomic E-state index is -0.165. The summed E-state index contributed by atoms with van der Waals surface area (Å²) in [5.74, 6) is 0. The third-order valence-electron chi connectivity index (χ3n) is 3.55. The molecule has 4 heteroatoms. The average Bonchev–Trinajstić information content (AvgIpc) is 2.98. The molecule has 0 aliphatic carbocycles. The van der Waals surface area contributed by atoms with Crippen LogP contribution in [0.5, 0.6) is 0 Å². The van der Waals surface area contributed by atoms with Gasteiger partial charge < -0.3 is 15.4 Å². The first-order chi connectivity index (χ1) is 9.78. The number of hydrogen-bond acceptors (Lipinski definition) is 2. The van der Waals surface area contributed by atoms with Crippen LogP contribution in [-0.4, -0.2) is 25.3 Å². The number of unbranched alkanes of at least 4 members (excludes halogenated alkanes) is 1. The summed E-state index contributed by atoms with van der Waals surface area (Å²) in [6.07, 6.45) is 5.80. The fourth-order valence-electron chi connectivity index (χ4n) is 2.32. The summed E-state index contributed by atoms with van der Waals surface area (Å²) in [6, 6.07) is 7.89. The molecule has 2 rings (SSSR count). The highest BCUT2D eigenvalue weighted by molar-refractivity contribution is 5.89. The van der Waals surface area contributed by atoms with Crippen molar-refractivity contribution in [2.45, 2.75) is 45.1 Å². The number of carbonyl (C=O) groups excluding carboxylic acids is 1. The molecule has 1 atom stereocenters. The molecule has 0 unspecified atom stereocenters. The largest absolute Gasteiger partial charge is 0.376 e. The third-order valence-corrected chi connectivity index (χ3v) is 3.55. The van der Waals surface area contributed by atoms with Gasteiger partial charge in [-0.25, -0.2) is 4.79 Å². The van der Waals surface area contributed by atoms with E-state index < -0.39 is 0 Å². The van der Waals surface area contributed by atoms with Crippen molar-refractivity contribution in [3.05, 3.63) is 29.8 Å². The fourth-order valence-corrected chi connectivity index (χ4v) is 2.32. The predicted octanol–water partition coefficient (Wildman–Crippen LogP) is 3.33. The van der Waals surface area contributed by atoms with E-state index in [-0.39, 0.29) is 12.1 Å². The van der Waals surface area contributed by atoms with Gasteiger partial charge in [0.15, 0.2) is 0 Å². The molecule has 20 heavy (non-hydrogen) atoms. The van der Waals surface area contributed by atoms with Gasteiger partial charge in [-0.3, -0.25) is 0 Å². The molecule has 1 fully saturated rings. The lowest BCUT2D eigenvalue weighted by Gasteiger charge is -2.12. The number of ether oxygens (including phenoxy) is 1. The first kappa shape index (κ1) is 14.9. The number of hydrogen-bond donors (Lipinski definition) is 2. The van der Waals surface area contributed by atoms with Crippen molar-refractivity contribution >= 4 is 11.7 Å². The quantitative estimate of drug-likeness (QED) is 0.837. The first-order valence-electron chi connectivity index (χ1n) is 7.53. The van der Waals surface area contributed by atoms with Gasteiger partial charge in [0.05, 0.1) is 6.10 Å². The van der Waals surface area contributed by atoms with E-state index in [1.807, 2.05) is 12.1 Å². The van der Waals surface area contributed by atoms with Crippen molar-refractivity contribution in [3.63, 3.8) is 0 Å². The Bertz CT molecular complexity index is 411. The molecule has 1 aliphatic heterocycles. The molecule has 4 nitrogen and oxygen atoms in total. The SMILES string of the molecule is CCCCc1ccc(NC(=O)NC[C@H]2CCCO2)cc1. The minimum absolute atomic E-state index is 0.165. The molecule has 1 aromatic carbocycles. The highest BCUT2D eigenvalue weighted by Crippen LogP contribution is 2.12. The van der Waals surface area contributed by atoms with Crippen molar-refractivity contribution in [1.29, 1.82) is 0 Å². The average molecular weight is 276 g/mol. The zero-order valence-corrected chi connectivity index (χ0v) is 12.2. The first-order valence-corrected chi connectivity index (χ1v) is 7.53. The van der Waals surface area contributed by atoms with Gasteiger partial charge in [-0.1, -0.05) is 25.5 Å². The molecule has 1 aromatic rings. The summed E-state index contributed by atoms with van der Waals surface area (Å²) < 4.78 is 5.46. The second kappa shape index (κ2) is 7.90. The van der Waals surface area contributed by atoms with Gasteiger partial charge in [0.25, 0.3) is 0 Å². The summed E-state index contributed by atoms with van der Waals surface area (Å²) in [4.78, 5) is 11.7. The Morgan fingerprint density at radius 1 is 1.35 bits per heavy atom. The summed E-state index contributed by atoms with van der Waals surface area (Å²) in [5.41, 5.74) is 2.15. The van der Waals surface area contributed by atoms with Crippen molar-refractivity contribution in [3.8, 4) is 0 Å². The Labute approximate surface area is 120 Å². The van der Waals surface area contributed by atoms with Crippen LogP contribution >= 0.6 is 0 Å². The molecule has 1 aliphatic rings. The van der Waals surface area contributed by atoms with Crippen LogP contribution in [0.2, 0.25) is 0 Å². The van der Waals surface area contributed by atoms with E-state index in [0.717, 1.165) is 31.6 Å². The monoisotopic (exact) mass is 276 g/mol. The lowest BCUT2D eigenvalue weighted by atomic mass is 10.1. The molecule has 2 amide bonds. The number of rotatable bonds is 6. The van der Waals surface area contributed by atoms with Gasteiger partial charge in [-0.05, 0) is 43.4 Å². The van der Waals surface area contributed by atoms with Crippen LogP contribution in [0.25, 0.3) is 0 Å². The maximum absolute atomic E-state index is 11.7. The van der Waals surface area contributed by atoms with E-state index in [1.165, 1.54) is 18.4 Å². The van der Waals surface area contributed by atoms with E-state index in [2.05, 4.69) is 29.7 Å². The number of urea groups is 1. The molecule has 0 aromatic heterocycles. The summed E-state index contributed by atoms with van der Waals surface area (Å²) >= 11 is 0. The lowest BCUT2D eigenvalue weighted by molar-refractivity contribution is 0.112. The van der Waals surface area contributed by atoms with Crippen molar-refractivity contribution in [1.82, 2.24) is 5.32 Å². The predicted molar refractivity (Wildman–Crippen MR) is 81.0 cm³/mol. The van der Waals surface area contributed by atoms with Gasteiger partial charge in [0.2, 0.25) is 0 Å². The Hall–Kier alpha value is -1.55. The van der Waals surface area contributed by atoms with Gasteiger partial charge in [0.1, 0.15) is 0 Å². The van der Waals surface area contributed by atoms with Crippen molar-refractivity contribution < 1.29 is 9.53 Å². The minimum Gasteiger partial charge on any atom is -0.376 e. The summed E-state index contributed by atoms with van der Waals surface area (Å²) in [6.45, 7) is 3.59.